The van der Waals surface area contributed by atoms with Gasteiger partial charge in [-0.15, -0.1) is 0 Å². The maximum absolute atomic E-state index is 14.6. The summed E-state index contributed by atoms with van der Waals surface area (Å²) in [5, 5.41) is 0. The van der Waals surface area contributed by atoms with Gasteiger partial charge in [0.25, 0.3) is 0 Å². The van der Waals surface area contributed by atoms with E-state index in [1.807, 2.05) is 31.2 Å². The maximum Gasteiger partial charge on any atom is 0.201 e. The number of benzene rings is 2. The normalized spacial score (nSPS) is 19.6. The second kappa shape index (κ2) is 10.5. The molecule has 2 aromatic carbocycles. The summed E-state index contributed by atoms with van der Waals surface area (Å²) in [5.41, 5.74) is 2.08. The van der Waals surface area contributed by atoms with Gasteiger partial charge in [-0.3, -0.25) is 0 Å². The number of hydrogen-bond donors (Lipinski definition) is 0. The number of rotatable bonds is 8. The van der Waals surface area contributed by atoms with Gasteiger partial charge in [0.2, 0.25) is 5.82 Å². The van der Waals surface area contributed by atoms with E-state index in [0.29, 0.717) is 24.7 Å². The number of halogens is 2. The molecule has 29 heavy (non-hydrogen) atoms. The van der Waals surface area contributed by atoms with Crippen LogP contribution in [0.5, 0.6) is 5.75 Å². The summed E-state index contributed by atoms with van der Waals surface area (Å²) in [6, 6.07) is 10.8. The van der Waals surface area contributed by atoms with Crippen molar-refractivity contribution < 1.29 is 18.3 Å². The summed E-state index contributed by atoms with van der Waals surface area (Å²) in [4.78, 5) is 0. The molecule has 0 aromatic heterocycles. The Kier molecular flexibility index (Phi) is 7.82. The van der Waals surface area contributed by atoms with E-state index in [1.165, 1.54) is 11.6 Å². The first-order valence-electron chi connectivity index (χ1n) is 10.6. The van der Waals surface area contributed by atoms with E-state index >= 15 is 0 Å². The van der Waals surface area contributed by atoms with Crippen molar-refractivity contribution in [2.24, 2.45) is 0 Å². The van der Waals surface area contributed by atoms with Crippen LogP contribution in [0.4, 0.5) is 8.78 Å². The van der Waals surface area contributed by atoms with Crippen LogP contribution in [0.3, 0.4) is 0 Å². The molecule has 1 aliphatic heterocycles. The average molecular weight is 401 g/mol. The van der Waals surface area contributed by atoms with Gasteiger partial charge < -0.3 is 9.47 Å². The summed E-state index contributed by atoms with van der Waals surface area (Å²) < 4.78 is 40.2. The van der Waals surface area contributed by atoms with Gasteiger partial charge in [-0.05, 0) is 48.9 Å². The molecule has 0 bridgehead atoms. The Hall–Kier alpha value is -2.20. The SMILES string of the molecule is CC/C=C/C1CCC(c2ccc(-c3ccc(OCCCC)c(F)c3F)cc2)CO1. The third-order valence-electron chi connectivity index (χ3n) is 5.39. The third-order valence-corrected chi connectivity index (χ3v) is 5.39. The molecule has 1 saturated heterocycles. The second-order valence-electron chi connectivity index (χ2n) is 7.55. The van der Waals surface area contributed by atoms with Gasteiger partial charge in [-0.25, -0.2) is 4.39 Å². The maximum atomic E-state index is 14.6. The minimum absolute atomic E-state index is 0.0256. The van der Waals surface area contributed by atoms with Crippen molar-refractivity contribution in [2.75, 3.05) is 13.2 Å². The van der Waals surface area contributed by atoms with Gasteiger partial charge in [0, 0.05) is 11.5 Å². The molecule has 0 spiro atoms. The van der Waals surface area contributed by atoms with Crippen LogP contribution in [0, 0.1) is 11.6 Å². The van der Waals surface area contributed by atoms with E-state index in [0.717, 1.165) is 32.1 Å². The topological polar surface area (TPSA) is 18.5 Å². The molecule has 0 amide bonds. The van der Waals surface area contributed by atoms with Gasteiger partial charge in [0.05, 0.1) is 19.3 Å². The van der Waals surface area contributed by atoms with Crippen LogP contribution in [0.25, 0.3) is 11.1 Å². The lowest BCUT2D eigenvalue weighted by Crippen LogP contribution is -2.23. The van der Waals surface area contributed by atoms with Crippen LogP contribution >= 0.6 is 0 Å². The summed E-state index contributed by atoms with van der Waals surface area (Å²) in [6.07, 6.45) is 9.34. The van der Waals surface area contributed by atoms with Crippen molar-refractivity contribution in [1.29, 1.82) is 0 Å². The Bertz CT molecular complexity index is 806. The Labute approximate surface area is 172 Å². The smallest absolute Gasteiger partial charge is 0.201 e. The first-order chi connectivity index (χ1) is 14.1. The van der Waals surface area contributed by atoms with E-state index in [9.17, 15) is 8.78 Å². The minimum Gasteiger partial charge on any atom is -0.490 e. The average Bonchev–Trinajstić information content (AvgIpc) is 2.76. The lowest BCUT2D eigenvalue weighted by atomic mass is 9.90. The molecule has 0 N–H and O–H groups in total. The molecule has 2 atom stereocenters. The van der Waals surface area contributed by atoms with Crippen molar-refractivity contribution in [3.8, 4) is 16.9 Å². The molecule has 0 radical (unpaired) electrons. The van der Waals surface area contributed by atoms with Crippen LogP contribution in [-0.4, -0.2) is 19.3 Å². The van der Waals surface area contributed by atoms with Crippen LogP contribution in [0.2, 0.25) is 0 Å². The monoisotopic (exact) mass is 400 g/mol. The standard InChI is InChI=1S/C25H30F2O2/c1-3-5-7-21-13-12-20(17-29-21)18-8-10-19(11-9-18)22-14-15-23(25(27)24(22)26)28-16-6-4-2/h5,7-11,14-15,20-21H,3-4,6,12-13,16-17H2,1-2H3/b7-5+. The number of allylic oxidation sites excluding steroid dienone is 1. The van der Waals surface area contributed by atoms with E-state index in [1.54, 1.807) is 6.07 Å². The summed E-state index contributed by atoms with van der Waals surface area (Å²) in [6.45, 7) is 5.21. The highest BCUT2D eigenvalue weighted by molar-refractivity contribution is 5.65. The molecule has 2 unspecified atom stereocenters. The number of unbranched alkanes of at least 4 members (excludes halogenated alkanes) is 1. The Morgan fingerprint density at radius 2 is 1.83 bits per heavy atom. The van der Waals surface area contributed by atoms with Crippen LogP contribution < -0.4 is 4.74 Å². The van der Waals surface area contributed by atoms with Gasteiger partial charge >= 0.3 is 0 Å². The Balaban J connectivity index is 1.67. The fourth-order valence-corrected chi connectivity index (χ4v) is 3.60. The van der Waals surface area contributed by atoms with Crippen molar-refractivity contribution in [1.82, 2.24) is 0 Å². The predicted octanol–water partition coefficient (Wildman–Crippen LogP) is 7.04. The van der Waals surface area contributed by atoms with Crippen molar-refractivity contribution in [3.63, 3.8) is 0 Å². The second-order valence-corrected chi connectivity index (χ2v) is 7.55. The van der Waals surface area contributed by atoms with Crippen molar-refractivity contribution in [3.05, 3.63) is 65.7 Å². The van der Waals surface area contributed by atoms with E-state index in [4.69, 9.17) is 9.47 Å². The highest BCUT2D eigenvalue weighted by Gasteiger charge is 2.22. The largest absolute Gasteiger partial charge is 0.490 e. The molecule has 0 aliphatic carbocycles. The molecule has 3 rings (SSSR count). The van der Waals surface area contributed by atoms with E-state index in [2.05, 4.69) is 19.1 Å². The molecule has 2 nitrogen and oxygen atoms in total. The first-order valence-corrected chi connectivity index (χ1v) is 10.6. The van der Waals surface area contributed by atoms with E-state index in [-0.39, 0.29) is 17.4 Å². The van der Waals surface area contributed by atoms with Crippen LogP contribution in [0.15, 0.2) is 48.6 Å². The van der Waals surface area contributed by atoms with Gasteiger partial charge in [-0.2, -0.15) is 4.39 Å². The predicted molar refractivity (Wildman–Crippen MR) is 113 cm³/mol. The minimum atomic E-state index is -0.922. The van der Waals surface area contributed by atoms with Gasteiger partial charge in [-0.1, -0.05) is 56.7 Å². The highest BCUT2D eigenvalue weighted by Crippen LogP contribution is 2.33. The third kappa shape index (κ3) is 5.45. The van der Waals surface area contributed by atoms with Crippen molar-refractivity contribution in [2.45, 2.75) is 58.0 Å². The Morgan fingerprint density at radius 3 is 2.48 bits per heavy atom. The first kappa shape index (κ1) is 21.5. The van der Waals surface area contributed by atoms with Crippen molar-refractivity contribution >= 4 is 0 Å². The molecule has 1 fully saturated rings. The summed E-state index contributed by atoms with van der Waals surface area (Å²) in [7, 11) is 0. The highest BCUT2D eigenvalue weighted by atomic mass is 19.2. The van der Waals surface area contributed by atoms with Gasteiger partial charge in [0.15, 0.2) is 11.6 Å². The molecule has 156 valence electrons. The molecule has 1 aliphatic rings. The fraction of sp³-hybridized carbons (Fsp3) is 0.440. The molecule has 4 heteroatoms. The zero-order chi connectivity index (χ0) is 20.6. The summed E-state index contributed by atoms with van der Waals surface area (Å²) >= 11 is 0. The molecular weight excluding hydrogens is 370 g/mol. The number of hydrogen-bond acceptors (Lipinski definition) is 2. The lowest BCUT2D eigenvalue weighted by Gasteiger charge is -2.27. The van der Waals surface area contributed by atoms with E-state index < -0.39 is 11.6 Å². The molecule has 1 heterocycles. The summed E-state index contributed by atoms with van der Waals surface area (Å²) in [5.74, 6) is -1.47. The quantitative estimate of drug-likeness (QED) is 0.349. The lowest BCUT2D eigenvalue weighted by molar-refractivity contribution is 0.0326. The fourth-order valence-electron chi connectivity index (χ4n) is 3.60. The van der Waals surface area contributed by atoms with Gasteiger partial charge in [0.1, 0.15) is 0 Å². The molecular formula is C25H30F2O2. The zero-order valence-corrected chi connectivity index (χ0v) is 17.3. The molecule has 0 saturated carbocycles. The molecule has 2 aromatic rings. The van der Waals surface area contributed by atoms with Crippen LogP contribution in [-0.2, 0) is 4.74 Å². The Morgan fingerprint density at radius 1 is 1.03 bits per heavy atom. The number of ether oxygens (including phenoxy) is 2. The van der Waals surface area contributed by atoms with Crippen LogP contribution in [0.1, 0.15) is 57.4 Å². The zero-order valence-electron chi connectivity index (χ0n) is 17.3.